The molecule has 1 aliphatic heterocycles. The minimum atomic E-state index is 0.710. The standard InChI is InChI=1S/C15H17BrN2S/c16-11-3-4-13-14(9-11)19-15(17-13)10-7-12(8-10)18-5-1-2-6-18/h3-4,9-10,12H,1-2,5-8H2/t10-,12+. The molecule has 1 aromatic carbocycles. The third-order valence-corrected chi connectivity index (χ3v) is 6.16. The normalized spacial score (nSPS) is 27.8. The van der Waals surface area contributed by atoms with E-state index in [2.05, 4.69) is 39.0 Å². The average molecular weight is 337 g/mol. The number of nitrogens with zero attached hydrogens (tertiary/aromatic N) is 2. The quantitative estimate of drug-likeness (QED) is 0.807. The first-order valence-electron chi connectivity index (χ1n) is 7.09. The number of rotatable bonds is 2. The second-order valence-corrected chi connectivity index (χ2v) is 7.71. The monoisotopic (exact) mass is 336 g/mol. The van der Waals surface area contributed by atoms with Crippen molar-refractivity contribution in [2.45, 2.75) is 37.6 Å². The Morgan fingerprint density at radius 3 is 2.79 bits per heavy atom. The van der Waals surface area contributed by atoms with Crippen LogP contribution in [0.5, 0.6) is 0 Å². The molecule has 0 atom stereocenters. The Labute approximate surface area is 126 Å². The Bertz CT molecular complexity index is 597. The van der Waals surface area contributed by atoms with Gasteiger partial charge in [0.2, 0.25) is 0 Å². The molecule has 100 valence electrons. The smallest absolute Gasteiger partial charge is 0.0970 e. The van der Waals surface area contributed by atoms with Crippen molar-refractivity contribution < 1.29 is 0 Å². The number of halogens is 1. The number of hydrogen-bond donors (Lipinski definition) is 0. The highest BCUT2D eigenvalue weighted by Gasteiger charge is 2.36. The van der Waals surface area contributed by atoms with Crippen LogP contribution in [-0.4, -0.2) is 29.0 Å². The van der Waals surface area contributed by atoms with Gasteiger partial charge in [-0.25, -0.2) is 4.98 Å². The molecule has 0 unspecified atom stereocenters. The van der Waals surface area contributed by atoms with Crippen LogP contribution < -0.4 is 0 Å². The van der Waals surface area contributed by atoms with Gasteiger partial charge in [0.15, 0.2) is 0 Å². The summed E-state index contributed by atoms with van der Waals surface area (Å²) in [4.78, 5) is 7.50. The van der Waals surface area contributed by atoms with E-state index in [0.717, 1.165) is 16.0 Å². The van der Waals surface area contributed by atoms with E-state index in [1.807, 2.05) is 11.3 Å². The van der Waals surface area contributed by atoms with Gasteiger partial charge in [-0.2, -0.15) is 0 Å². The summed E-state index contributed by atoms with van der Waals surface area (Å²) >= 11 is 5.42. The lowest BCUT2D eigenvalue weighted by Gasteiger charge is -2.40. The van der Waals surface area contributed by atoms with Crippen LogP contribution in [0, 0.1) is 0 Å². The van der Waals surface area contributed by atoms with Gasteiger partial charge >= 0.3 is 0 Å². The van der Waals surface area contributed by atoms with Gasteiger partial charge < -0.3 is 4.90 Å². The van der Waals surface area contributed by atoms with Gasteiger partial charge in [0.1, 0.15) is 0 Å². The molecule has 0 spiro atoms. The fourth-order valence-corrected chi connectivity index (χ4v) is 4.93. The lowest BCUT2D eigenvalue weighted by atomic mass is 9.80. The zero-order chi connectivity index (χ0) is 12.8. The van der Waals surface area contributed by atoms with Gasteiger partial charge in [0.05, 0.1) is 15.2 Å². The molecule has 1 aromatic heterocycles. The highest BCUT2D eigenvalue weighted by molar-refractivity contribution is 9.10. The molecule has 19 heavy (non-hydrogen) atoms. The Balaban J connectivity index is 1.50. The third-order valence-electron chi connectivity index (χ3n) is 4.49. The second kappa shape index (κ2) is 4.83. The SMILES string of the molecule is Brc1ccc2nc([C@H]3C[C@@H](N4CCCC4)C3)sc2c1. The molecule has 0 radical (unpaired) electrons. The Hall–Kier alpha value is -0.450. The topological polar surface area (TPSA) is 16.1 Å². The first kappa shape index (κ1) is 12.3. The van der Waals surface area contributed by atoms with Gasteiger partial charge in [0.25, 0.3) is 0 Å². The number of likely N-dealkylation sites (tertiary alicyclic amines) is 1. The average Bonchev–Trinajstić information content (AvgIpc) is 2.95. The van der Waals surface area contributed by atoms with Crippen LogP contribution in [0.4, 0.5) is 0 Å². The number of hydrogen-bond acceptors (Lipinski definition) is 3. The van der Waals surface area contributed by atoms with Crippen LogP contribution >= 0.6 is 27.3 Å². The summed E-state index contributed by atoms with van der Waals surface area (Å²) in [6, 6.07) is 7.23. The summed E-state index contributed by atoms with van der Waals surface area (Å²) in [6.45, 7) is 2.65. The van der Waals surface area contributed by atoms with Crippen LogP contribution in [-0.2, 0) is 0 Å². The van der Waals surface area contributed by atoms with E-state index in [4.69, 9.17) is 4.98 Å². The molecule has 0 amide bonds. The van der Waals surface area contributed by atoms with Gasteiger partial charge in [0, 0.05) is 16.4 Å². The second-order valence-electron chi connectivity index (χ2n) is 5.73. The lowest BCUT2D eigenvalue weighted by molar-refractivity contribution is 0.136. The van der Waals surface area contributed by atoms with E-state index < -0.39 is 0 Å². The van der Waals surface area contributed by atoms with E-state index >= 15 is 0 Å². The van der Waals surface area contributed by atoms with E-state index in [0.29, 0.717) is 5.92 Å². The van der Waals surface area contributed by atoms with Crippen molar-refractivity contribution in [3.8, 4) is 0 Å². The summed E-state index contributed by atoms with van der Waals surface area (Å²) in [5.74, 6) is 0.710. The lowest BCUT2D eigenvalue weighted by Crippen LogP contribution is -2.42. The zero-order valence-electron chi connectivity index (χ0n) is 10.8. The Morgan fingerprint density at radius 2 is 2.00 bits per heavy atom. The number of thiazole rings is 1. The molecular formula is C15H17BrN2S. The Morgan fingerprint density at radius 1 is 1.21 bits per heavy atom. The fraction of sp³-hybridized carbons (Fsp3) is 0.533. The maximum Gasteiger partial charge on any atom is 0.0970 e. The van der Waals surface area contributed by atoms with E-state index in [1.54, 1.807) is 0 Å². The fourth-order valence-electron chi connectivity index (χ4n) is 3.29. The molecule has 0 N–H and O–H groups in total. The summed E-state index contributed by atoms with van der Waals surface area (Å²) in [5, 5.41) is 1.35. The van der Waals surface area contributed by atoms with E-state index in [1.165, 1.54) is 48.5 Å². The van der Waals surface area contributed by atoms with Gasteiger partial charge in [-0.3, -0.25) is 0 Å². The minimum Gasteiger partial charge on any atom is -0.300 e. The summed E-state index contributed by atoms with van der Waals surface area (Å²) in [5.41, 5.74) is 1.16. The molecule has 1 aliphatic carbocycles. The molecule has 2 fully saturated rings. The van der Waals surface area contributed by atoms with Crippen molar-refractivity contribution >= 4 is 37.5 Å². The maximum atomic E-state index is 4.82. The van der Waals surface area contributed by atoms with Gasteiger partial charge in [-0.15, -0.1) is 11.3 Å². The number of benzene rings is 1. The number of fused-ring (bicyclic) bond motifs is 1. The van der Waals surface area contributed by atoms with Crippen molar-refractivity contribution in [1.82, 2.24) is 9.88 Å². The molecule has 4 rings (SSSR count). The van der Waals surface area contributed by atoms with Crippen LogP contribution in [0.1, 0.15) is 36.6 Å². The van der Waals surface area contributed by atoms with Crippen molar-refractivity contribution in [3.05, 3.63) is 27.7 Å². The summed E-state index contributed by atoms with van der Waals surface area (Å²) < 4.78 is 2.47. The maximum absolute atomic E-state index is 4.82. The third kappa shape index (κ3) is 2.24. The van der Waals surface area contributed by atoms with Crippen LogP contribution in [0.3, 0.4) is 0 Å². The summed E-state index contributed by atoms with van der Waals surface area (Å²) in [6.07, 6.45) is 5.44. The molecular weight excluding hydrogens is 320 g/mol. The molecule has 1 saturated heterocycles. The highest BCUT2D eigenvalue weighted by atomic mass is 79.9. The Kier molecular flexibility index (Phi) is 3.13. The van der Waals surface area contributed by atoms with E-state index in [9.17, 15) is 0 Å². The van der Waals surface area contributed by atoms with Crippen LogP contribution in [0.25, 0.3) is 10.2 Å². The van der Waals surface area contributed by atoms with Crippen molar-refractivity contribution in [1.29, 1.82) is 0 Å². The molecule has 2 heterocycles. The van der Waals surface area contributed by atoms with Gasteiger partial charge in [-0.05, 0) is 57.0 Å². The van der Waals surface area contributed by atoms with Crippen molar-refractivity contribution in [3.63, 3.8) is 0 Å². The molecule has 0 bridgehead atoms. The number of aromatic nitrogens is 1. The molecule has 2 aliphatic rings. The van der Waals surface area contributed by atoms with Crippen LogP contribution in [0.15, 0.2) is 22.7 Å². The predicted molar refractivity (Wildman–Crippen MR) is 83.9 cm³/mol. The summed E-state index contributed by atoms with van der Waals surface area (Å²) in [7, 11) is 0. The highest BCUT2D eigenvalue weighted by Crippen LogP contribution is 2.43. The zero-order valence-corrected chi connectivity index (χ0v) is 13.2. The predicted octanol–water partition coefficient (Wildman–Crippen LogP) is 4.40. The molecule has 4 heteroatoms. The van der Waals surface area contributed by atoms with Crippen LogP contribution in [0.2, 0.25) is 0 Å². The van der Waals surface area contributed by atoms with E-state index in [-0.39, 0.29) is 0 Å². The molecule has 1 saturated carbocycles. The first-order valence-corrected chi connectivity index (χ1v) is 8.70. The molecule has 2 nitrogen and oxygen atoms in total. The minimum absolute atomic E-state index is 0.710. The van der Waals surface area contributed by atoms with Gasteiger partial charge in [-0.1, -0.05) is 15.9 Å². The first-order chi connectivity index (χ1) is 9.29. The van der Waals surface area contributed by atoms with Crippen molar-refractivity contribution in [2.75, 3.05) is 13.1 Å². The largest absolute Gasteiger partial charge is 0.300 e. The molecule has 2 aromatic rings. The van der Waals surface area contributed by atoms with Crippen molar-refractivity contribution in [2.24, 2.45) is 0 Å².